The number of nitrogens with zero attached hydrogens (tertiary/aromatic N) is 3. The highest BCUT2D eigenvalue weighted by molar-refractivity contribution is 7.91. The molecule has 7 nitrogen and oxygen atoms in total. The minimum Gasteiger partial charge on any atom is -0.492 e. The molecule has 9 heteroatoms. The number of benzene rings is 2. The predicted molar refractivity (Wildman–Crippen MR) is 137 cm³/mol. The third-order valence-electron chi connectivity index (χ3n) is 6.77. The molecule has 0 radical (unpaired) electrons. The SMILES string of the molecule is CCCCc1nc(O)c(S(=O)(=O)c2ccc(-c3cncc(F)c3)cc2)c(=O)n1[C@H]1CCc2ccccc21. The van der Waals surface area contributed by atoms with Gasteiger partial charge in [-0.3, -0.25) is 14.3 Å². The van der Waals surface area contributed by atoms with Crippen molar-refractivity contribution >= 4 is 9.84 Å². The van der Waals surface area contributed by atoms with E-state index < -0.39 is 32.0 Å². The molecule has 0 unspecified atom stereocenters. The van der Waals surface area contributed by atoms with Crippen LogP contribution in [0.1, 0.15) is 49.2 Å². The average Bonchev–Trinajstić information content (AvgIpc) is 3.31. The topological polar surface area (TPSA) is 102 Å². The number of rotatable bonds is 7. The number of halogens is 1. The van der Waals surface area contributed by atoms with Gasteiger partial charge in [0.25, 0.3) is 5.56 Å². The van der Waals surface area contributed by atoms with Gasteiger partial charge in [0.15, 0.2) is 4.90 Å². The van der Waals surface area contributed by atoms with Crippen LogP contribution in [0.5, 0.6) is 5.88 Å². The normalized spacial score (nSPS) is 15.0. The Morgan fingerprint density at radius 3 is 2.57 bits per heavy atom. The van der Waals surface area contributed by atoms with Crippen molar-refractivity contribution in [1.82, 2.24) is 14.5 Å². The number of hydrogen-bond acceptors (Lipinski definition) is 6. The average molecular weight is 520 g/mol. The molecule has 0 spiro atoms. The second-order valence-corrected chi connectivity index (χ2v) is 11.0. The molecule has 0 fully saturated rings. The van der Waals surface area contributed by atoms with E-state index in [9.17, 15) is 22.7 Å². The number of aromatic nitrogens is 3. The molecule has 0 bridgehead atoms. The molecule has 190 valence electrons. The first-order valence-corrected chi connectivity index (χ1v) is 13.7. The molecule has 1 N–H and O–H groups in total. The van der Waals surface area contributed by atoms with Crippen molar-refractivity contribution in [3.05, 3.63) is 100 Å². The zero-order valence-electron chi connectivity index (χ0n) is 20.3. The molecule has 2 heterocycles. The van der Waals surface area contributed by atoms with Crippen LogP contribution in [-0.2, 0) is 22.7 Å². The summed E-state index contributed by atoms with van der Waals surface area (Å²) in [6.07, 6.45) is 5.98. The lowest BCUT2D eigenvalue weighted by Gasteiger charge is -2.21. The van der Waals surface area contributed by atoms with Gasteiger partial charge in [0.1, 0.15) is 11.6 Å². The molecule has 0 saturated carbocycles. The van der Waals surface area contributed by atoms with Gasteiger partial charge >= 0.3 is 0 Å². The summed E-state index contributed by atoms with van der Waals surface area (Å²) in [6, 6.07) is 14.4. The Bertz CT molecular complexity index is 1630. The van der Waals surface area contributed by atoms with Crippen molar-refractivity contribution in [3.63, 3.8) is 0 Å². The van der Waals surface area contributed by atoms with Crippen LogP contribution >= 0.6 is 0 Å². The van der Waals surface area contributed by atoms with E-state index >= 15 is 0 Å². The molecule has 1 aliphatic carbocycles. The number of pyridine rings is 1. The summed E-state index contributed by atoms with van der Waals surface area (Å²) in [4.78, 5) is 21.0. The van der Waals surface area contributed by atoms with E-state index in [1.165, 1.54) is 41.1 Å². The highest BCUT2D eigenvalue weighted by Gasteiger charge is 2.33. The standard InChI is InChI=1S/C28H26FN3O4S/c1-2-3-8-25-31-27(33)26(28(34)32(25)24-14-11-19-6-4-5-7-23(19)24)37(35,36)22-12-9-18(10-13-22)20-15-21(29)17-30-16-20/h4-7,9-10,12-13,15-17,24,33H,2-3,8,11,14H2,1H3/t24-/m0/s1. The van der Waals surface area contributed by atoms with Crippen LogP contribution in [0, 0.1) is 5.82 Å². The molecule has 1 aliphatic rings. The van der Waals surface area contributed by atoms with Crippen molar-refractivity contribution < 1.29 is 17.9 Å². The van der Waals surface area contributed by atoms with Crippen molar-refractivity contribution in [1.29, 1.82) is 0 Å². The van der Waals surface area contributed by atoms with Gasteiger partial charge in [-0.05, 0) is 54.2 Å². The van der Waals surface area contributed by atoms with Crippen LogP contribution < -0.4 is 5.56 Å². The van der Waals surface area contributed by atoms with Gasteiger partial charge in [-0.15, -0.1) is 0 Å². The predicted octanol–water partition coefficient (Wildman–Crippen LogP) is 4.86. The molecular weight excluding hydrogens is 493 g/mol. The number of unbranched alkanes of at least 4 members (excludes halogenated alkanes) is 1. The van der Waals surface area contributed by atoms with Crippen LogP contribution in [-0.4, -0.2) is 28.1 Å². The van der Waals surface area contributed by atoms with Crippen LogP contribution in [0.4, 0.5) is 4.39 Å². The first kappa shape index (κ1) is 24.8. The highest BCUT2D eigenvalue weighted by atomic mass is 32.2. The Labute approximate surface area is 214 Å². The fourth-order valence-electron chi connectivity index (χ4n) is 4.93. The van der Waals surface area contributed by atoms with Crippen LogP contribution in [0.25, 0.3) is 11.1 Å². The van der Waals surface area contributed by atoms with Gasteiger partial charge in [-0.25, -0.2) is 12.8 Å². The number of aryl methyl sites for hydroxylation is 2. The number of fused-ring (bicyclic) bond motifs is 1. The molecule has 0 amide bonds. The Hall–Kier alpha value is -3.85. The van der Waals surface area contributed by atoms with Crippen molar-refractivity contribution in [2.45, 2.75) is 54.9 Å². The third kappa shape index (κ3) is 4.55. The van der Waals surface area contributed by atoms with Crippen LogP contribution in [0.3, 0.4) is 0 Å². The van der Waals surface area contributed by atoms with Gasteiger partial charge < -0.3 is 5.11 Å². The van der Waals surface area contributed by atoms with E-state index in [4.69, 9.17) is 0 Å². The van der Waals surface area contributed by atoms with E-state index in [2.05, 4.69) is 9.97 Å². The van der Waals surface area contributed by atoms with Gasteiger partial charge in [-0.1, -0.05) is 49.7 Å². The van der Waals surface area contributed by atoms with Crippen molar-refractivity contribution in [2.24, 2.45) is 0 Å². The van der Waals surface area contributed by atoms with Gasteiger partial charge in [0.2, 0.25) is 15.7 Å². The summed E-state index contributed by atoms with van der Waals surface area (Å²) in [5.74, 6) is -0.932. The molecule has 4 aromatic rings. The van der Waals surface area contributed by atoms with E-state index in [0.717, 1.165) is 36.6 Å². The minimum atomic E-state index is -4.41. The summed E-state index contributed by atoms with van der Waals surface area (Å²) in [5, 5.41) is 10.7. The minimum absolute atomic E-state index is 0.172. The molecule has 5 rings (SSSR count). The highest BCUT2D eigenvalue weighted by Crippen LogP contribution is 2.35. The summed E-state index contributed by atoms with van der Waals surface area (Å²) in [7, 11) is -4.41. The third-order valence-corrected chi connectivity index (χ3v) is 8.55. The number of hydrogen-bond donors (Lipinski definition) is 1. The maximum Gasteiger partial charge on any atom is 0.277 e. The van der Waals surface area contributed by atoms with Crippen LogP contribution in [0.15, 0.2) is 81.6 Å². The second-order valence-electron chi connectivity index (χ2n) is 9.13. The van der Waals surface area contributed by atoms with Gasteiger partial charge in [-0.2, -0.15) is 4.98 Å². The van der Waals surface area contributed by atoms with E-state index in [0.29, 0.717) is 29.8 Å². The summed E-state index contributed by atoms with van der Waals surface area (Å²) in [5.41, 5.74) is 2.34. The zero-order chi connectivity index (χ0) is 26.2. The van der Waals surface area contributed by atoms with Crippen molar-refractivity contribution in [2.75, 3.05) is 0 Å². The quantitative estimate of drug-likeness (QED) is 0.374. The molecule has 0 aliphatic heterocycles. The number of aromatic hydroxyl groups is 1. The van der Waals surface area contributed by atoms with Crippen molar-refractivity contribution in [3.8, 4) is 17.0 Å². The Morgan fingerprint density at radius 2 is 1.84 bits per heavy atom. The lowest BCUT2D eigenvalue weighted by Crippen LogP contribution is -2.33. The summed E-state index contributed by atoms with van der Waals surface area (Å²) >= 11 is 0. The summed E-state index contributed by atoms with van der Waals surface area (Å²) in [6.45, 7) is 2.01. The molecule has 2 aromatic heterocycles. The van der Waals surface area contributed by atoms with Crippen LogP contribution in [0.2, 0.25) is 0 Å². The maximum atomic E-state index is 13.9. The van der Waals surface area contributed by atoms with Gasteiger partial charge in [0, 0.05) is 18.2 Å². The second kappa shape index (κ2) is 9.89. The summed E-state index contributed by atoms with van der Waals surface area (Å²) < 4.78 is 42.3. The van der Waals surface area contributed by atoms with E-state index in [1.54, 1.807) is 0 Å². The molecular formula is C28H26FN3O4S. The fourth-order valence-corrected chi connectivity index (χ4v) is 6.28. The largest absolute Gasteiger partial charge is 0.492 e. The molecule has 1 atom stereocenters. The monoisotopic (exact) mass is 519 g/mol. The lowest BCUT2D eigenvalue weighted by atomic mass is 10.1. The molecule has 2 aromatic carbocycles. The first-order valence-electron chi connectivity index (χ1n) is 12.2. The van der Waals surface area contributed by atoms with E-state index in [1.807, 2.05) is 31.2 Å². The molecule has 0 saturated heterocycles. The zero-order valence-corrected chi connectivity index (χ0v) is 21.1. The maximum absolute atomic E-state index is 13.9. The molecule has 37 heavy (non-hydrogen) atoms. The smallest absolute Gasteiger partial charge is 0.277 e. The Balaban J connectivity index is 1.62. The first-order chi connectivity index (χ1) is 17.8. The Morgan fingerprint density at radius 1 is 1.08 bits per heavy atom. The lowest BCUT2D eigenvalue weighted by molar-refractivity contribution is 0.408. The van der Waals surface area contributed by atoms with E-state index in [-0.39, 0.29) is 10.9 Å². The van der Waals surface area contributed by atoms with Gasteiger partial charge in [0.05, 0.1) is 17.1 Å². The Kier molecular flexibility index (Phi) is 6.64. The fraction of sp³-hybridized carbons (Fsp3) is 0.250. The number of sulfone groups is 1.